The minimum Gasteiger partial charge on any atom is -0.443 e. The van der Waals surface area contributed by atoms with Crippen LogP contribution < -0.4 is 0 Å². The quantitative estimate of drug-likeness (QED) is 0.505. The van der Waals surface area contributed by atoms with E-state index >= 15 is 0 Å². The number of thioether (sulfide) groups is 1. The summed E-state index contributed by atoms with van der Waals surface area (Å²) in [6, 6.07) is 7.42. The molecule has 1 aliphatic rings. The van der Waals surface area contributed by atoms with Crippen LogP contribution in [-0.2, 0) is 4.74 Å². The van der Waals surface area contributed by atoms with Crippen molar-refractivity contribution in [3.05, 3.63) is 42.5 Å². The Morgan fingerprint density at radius 1 is 1.46 bits per heavy atom. The molecule has 0 bridgehead atoms. The monoisotopic (exact) mass is 192 g/mol. The molecule has 13 heavy (non-hydrogen) atoms. The highest BCUT2D eigenvalue weighted by atomic mass is 32.2. The predicted molar refractivity (Wildman–Crippen MR) is 51.7 cm³/mol. The van der Waals surface area contributed by atoms with Gasteiger partial charge < -0.3 is 4.74 Å². The third kappa shape index (κ3) is 1.47. The minimum atomic E-state index is -0.265. The molecule has 1 heterocycles. The Labute approximate surface area is 80.6 Å². The van der Waals surface area contributed by atoms with E-state index in [0.717, 1.165) is 4.90 Å². The average Bonchev–Trinajstić information content (AvgIpc) is 2.18. The van der Waals surface area contributed by atoms with Crippen molar-refractivity contribution >= 4 is 17.7 Å². The molecule has 66 valence electrons. The van der Waals surface area contributed by atoms with Crippen molar-refractivity contribution < 1.29 is 9.53 Å². The van der Waals surface area contributed by atoms with Gasteiger partial charge in [-0.1, -0.05) is 30.5 Å². The standard InChI is InChI=1S/C10H8O2S/c1-2-9-12-10(11)7-5-3-4-6-8(7)13-9/h2-6,9H,1H2. The lowest BCUT2D eigenvalue weighted by Crippen LogP contribution is -2.18. The summed E-state index contributed by atoms with van der Waals surface area (Å²) in [7, 11) is 0. The van der Waals surface area contributed by atoms with Gasteiger partial charge in [-0.2, -0.15) is 0 Å². The van der Waals surface area contributed by atoms with Crippen molar-refractivity contribution in [2.75, 3.05) is 0 Å². The molecule has 0 saturated heterocycles. The maximum absolute atomic E-state index is 11.4. The lowest BCUT2D eigenvalue weighted by Gasteiger charge is -2.20. The molecule has 2 nitrogen and oxygen atoms in total. The second-order valence-corrected chi connectivity index (χ2v) is 3.76. The second kappa shape index (κ2) is 3.26. The number of carbonyl (C=O) groups excluding carboxylic acids is 1. The molecule has 1 atom stereocenters. The highest BCUT2D eigenvalue weighted by molar-refractivity contribution is 8.00. The number of carbonyl (C=O) groups is 1. The van der Waals surface area contributed by atoms with Gasteiger partial charge in [0.05, 0.1) is 5.56 Å². The van der Waals surface area contributed by atoms with Crippen LogP contribution in [0.1, 0.15) is 10.4 Å². The van der Waals surface area contributed by atoms with E-state index < -0.39 is 0 Å². The fourth-order valence-electron chi connectivity index (χ4n) is 1.15. The van der Waals surface area contributed by atoms with Gasteiger partial charge in [-0.3, -0.25) is 0 Å². The largest absolute Gasteiger partial charge is 0.443 e. The Morgan fingerprint density at radius 3 is 3.00 bits per heavy atom. The topological polar surface area (TPSA) is 26.3 Å². The maximum Gasteiger partial charge on any atom is 0.340 e. The van der Waals surface area contributed by atoms with Crippen LogP contribution in [0.15, 0.2) is 41.8 Å². The van der Waals surface area contributed by atoms with Crippen molar-refractivity contribution in [2.24, 2.45) is 0 Å². The molecule has 3 heteroatoms. The smallest absolute Gasteiger partial charge is 0.340 e. The summed E-state index contributed by atoms with van der Waals surface area (Å²) >= 11 is 1.50. The van der Waals surface area contributed by atoms with Crippen molar-refractivity contribution in [3.63, 3.8) is 0 Å². The summed E-state index contributed by atoms with van der Waals surface area (Å²) in [4.78, 5) is 12.3. The normalized spacial score (nSPS) is 20.3. The van der Waals surface area contributed by atoms with Gasteiger partial charge in [0.15, 0.2) is 5.44 Å². The van der Waals surface area contributed by atoms with Crippen molar-refractivity contribution in [1.82, 2.24) is 0 Å². The zero-order valence-corrected chi connectivity index (χ0v) is 7.71. The number of rotatable bonds is 1. The molecule has 1 aromatic carbocycles. The first-order valence-electron chi connectivity index (χ1n) is 3.90. The summed E-state index contributed by atoms with van der Waals surface area (Å²) in [5.41, 5.74) is 0.396. The number of benzene rings is 1. The molecule has 1 aliphatic heterocycles. The van der Waals surface area contributed by atoms with Crippen LogP contribution in [0.2, 0.25) is 0 Å². The second-order valence-electron chi connectivity index (χ2n) is 2.62. The summed E-state index contributed by atoms with van der Waals surface area (Å²) in [6.45, 7) is 3.59. The molecule has 0 fully saturated rings. The van der Waals surface area contributed by atoms with Crippen LogP contribution >= 0.6 is 11.8 Å². The SMILES string of the molecule is C=CC1OC(=O)c2ccccc2S1. The van der Waals surface area contributed by atoms with E-state index in [4.69, 9.17) is 4.74 Å². The Kier molecular flexibility index (Phi) is 2.10. The molecule has 0 N–H and O–H groups in total. The molecule has 0 aliphatic carbocycles. The van der Waals surface area contributed by atoms with Gasteiger partial charge in [0.1, 0.15) is 0 Å². The van der Waals surface area contributed by atoms with Crippen molar-refractivity contribution in [1.29, 1.82) is 0 Å². The Bertz CT molecular complexity index is 360. The molecule has 0 radical (unpaired) electrons. The van der Waals surface area contributed by atoms with E-state index in [1.807, 2.05) is 18.2 Å². The van der Waals surface area contributed by atoms with Crippen LogP contribution in [0, 0.1) is 0 Å². The summed E-state index contributed by atoms with van der Waals surface area (Å²) in [5.74, 6) is -0.265. The summed E-state index contributed by atoms with van der Waals surface area (Å²) in [6.07, 6.45) is 1.62. The van der Waals surface area contributed by atoms with Gasteiger partial charge >= 0.3 is 5.97 Å². The van der Waals surface area contributed by atoms with E-state index in [0.29, 0.717) is 5.56 Å². The Balaban J connectivity index is 2.42. The van der Waals surface area contributed by atoms with Gasteiger partial charge in [0.2, 0.25) is 0 Å². The highest BCUT2D eigenvalue weighted by Crippen LogP contribution is 2.33. The highest BCUT2D eigenvalue weighted by Gasteiger charge is 2.24. The van der Waals surface area contributed by atoms with E-state index in [1.165, 1.54) is 11.8 Å². The number of fused-ring (bicyclic) bond motifs is 1. The summed E-state index contributed by atoms with van der Waals surface area (Å²) in [5, 5.41) is 0. The van der Waals surface area contributed by atoms with Gasteiger partial charge in [-0.05, 0) is 18.2 Å². The van der Waals surface area contributed by atoms with E-state index in [1.54, 1.807) is 12.1 Å². The first-order chi connectivity index (χ1) is 6.31. The lowest BCUT2D eigenvalue weighted by atomic mass is 10.2. The number of hydrogen-bond donors (Lipinski definition) is 0. The number of hydrogen-bond acceptors (Lipinski definition) is 3. The molecule has 0 saturated carbocycles. The number of cyclic esters (lactones) is 1. The molecule has 0 amide bonds. The third-order valence-corrected chi connectivity index (χ3v) is 2.90. The van der Waals surface area contributed by atoms with Gasteiger partial charge in [-0.25, -0.2) is 4.79 Å². The minimum absolute atomic E-state index is 0.248. The van der Waals surface area contributed by atoms with E-state index in [-0.39, 0.29) is 11.4 Å². The van der Waals surface area contributed by atoms with E-state index in [9.17, 15) is 4.79 Å². The maximum atomic E-state index is 11.4. The zero-order chi connectivity index (χ0) is 9.26. The number of ether oxygens (including phenoxy) is 1. The molecular weight excluding hydrogens is 184 g/mol. The summed E-state index contributed by atoms with van der Waals surface area (Å²) < 4.78 is 5.07. The molecule has 2 rings (SSSR count). The van der Waals surface area contributed by atoms with Gasteiger partial charge in [0.25, 0.3) is 0 Å². The average molecular weight is 192 g/mol. The molecular formula is C10H8O2S. The molecule has 1 unspecified atom stereocenters. The molecule has 0 aromatic heterocycles. The van der Waals surface area contributed by atoms with E-state index in [2.05, 4.69) is 6.58 Å². The van der Waals surface area contributed by atoms with Crippen molar-refractivity contribution in [3.8, 4) is 0 Å². The van der Waals surface area contributed by atoms with Gasteiger partial charge in [0, 0.05) is 4.90 Å². The van der Waals surface area contributed by atoms with Crippen LogP contribution in [0.3, 0.4) is 0 Å². The number of esters is 1. The van der Waals surface area contributed by atoms with Gasteiger partial charge in [-0.15, -0.1) is 0 Å². The van der Waals surface area contributed by atoms with Crippen LogP contribution in [-0.4, -0.2) is 11.4 Å². The fraction of sp³-hybridized carbons (Fsp3) is 0.100. The zero-order valence-electron chi connectivity index (χ0n) is 6.90. The van der Waals surface area contributed by atoms with Crippen molar-refractivity contribution in [2.45, 2.75) is 10.3 Å². The Hall–Kier alpha value is -1.22. The first-order valence-corrected chi connectivity index (χ1v) is 4.78. The van der Waals surface area contributed by atoms with Crippen LogP contribution in [0.25, 0.3) is 0 Å². The predicted octanol–water partition coefficient (Wildman–Crippen LogP) is 2.46. The lowest BCUT2D eigenvalue weighted by molar-refractivity contribution is 0.0496. The van der Waals surface area contributed by atoms with Crippen LogP contribution in [0.5, 0.6) is 0 Å². The molecule has 0 spiro atoms. The first kappa shape index (κ1) is 8.38. The third-order valence-electron chi connectivity index (χ3n) is 1.77. The molecule has 1 aromatic rings. The fourth-order valence-corrected chi connectivity index (χ4v) is 2.07. The van der Waals surface area contributed by atoms with Crippen LogP contribution in [0.4, 0.5) is 0 Å². The Morgan fingerprint density at radius 2 is 2.23 bits per heavy atom.